The zero-order valence-corrected chi connectivity index (χ0v) is 12.1. The molecule has 2 N–H and O–H groups in total. The van der Waals surface area contributed by atoms with Gasteiger partial charge in [0.1, 0.15) is 0 Å². The monoisotopic (exact) mass is 264 g/mol. The highest BCUT2D eigenvalue weighted by atomic mass is 16.5. The number of rotatable bonds is 5. The van der Waals surface area contributed by atoms with Gasteiger partial charge in [0.05, 0.1) is 20.3 Å². The first-order chi connectivity index (χ1) is 9.21. The van der Waals surface area contributed by atoms with Gasteiger partial charge in [-0.25, -0.2) is 0 Å². The number of likely N-dealkylation sites (tertiary alicyclic amines) is 1. The molecular formula is C15H24N2O2. The highest BCUT2D eigenvalue weighted by Gasteiger charge is 2.28. The molecule has 0 spiro atoms. The van der Waals surface area contributed by atoms with E-state index >= 15 is 0 Å². The third-order valence-electron chi connectivity index (χ3n) is 3.91. The summed E-state index contributed by atoms with van der Waals surface area (Å²) in [6, 6.07) is 6.21. The molecule has 0 aromatic heterocycles. The van der Waals surface area contributed by atoms with Crippen LogP contribution in [0.1, 0.15) is 24.9 Å². The molecule has 4 nitrogen and oxygen atoms in total. The van der Waals surface area contributed by atoms with Crippen LogP contribution in [0.2, 0.25) is 0 Å². The van der Waals surface area contributed by atoms with Crippen molar-refractivity contribution in [1.29, 1.82) is 0 Å². The molecule has 0 bridgehead atoms. The molecule has 0 radical (unpaired) electrons. The summed E-state index contributed by atoms with van der Waals surface area (Å²) >= 11 is 0. The van der Waals surface area contributed by atoms with Gasteiger partial charge >= 0.3 is 0 Å². The first-order valence-corrected chi connectivity index (χ1v) is 6.86. The maximum Gasteiger partial charge on any atom is 0.165 e. The van der Waals surface area contributed by atoms with Gasteiger partial charge in [-0.3, -0.25) is 4.90 Å². The van der Waals surface area contributed by atoms with E-state index in [0.717, 1.165) is 36.1 Å². The summed E-state index contributed by atoms with van der Waals surface area (Å²) in [5.41, 5.74) is 7.13. The Morgan fingerprint density at radius 1 is 1.37 bits per heavy atom. The van der Waals surface area contributed by atoms with Gasteiger partial charge in [-0.15, -0.1) is 0 Å². The predicted octanol–water partition coefficient (Wildman–Crippen LogP) is 2.05. The number of ether oxygens (including phenoxy) is 2. The highest BCUT2D eigenvalue weighted by molar-refractivity contribution is 5.48. The normalized spacial score (nSPS) is 21.4. The van der Waals surface area contributed by atoms with E-state index in [9.17, 15) is 0 Å². The molecule has 4 heteroatoms. The first-order valence-electron chi connectivity index (χ1n) is 6.86. The molecule has 0 amide bonds. The lowest BCUT2D eigenvalue weighted by molar-refractivity contribution is 0.236. The molecular weight excluding hydrogens is 240 g/mol. The summed E-state index contributed by atoms with van der Waals surface area (Å²) < 4.78 is 10.9. The van der Waals surface area contributed by atoms with Crippen LogP contribution in [-0.4, -0.2) is 38.8 Å². The van der Waals surface area contributed by atoms with E-state index in [-0.39, 0.29) is 6.04 Å². The third kappa shape index (κ3) is 2.85. The van der Waals surface area contributed by atoms with Gasteiger partial charge in [-0.2, -0.15) is 0 Å². The number of para-hydroxylation sites is 1. The molecule has 1 aromatic rings. The Labute approximate surface area is 115 Å². The van der Waals surface area contributed by atoms with Crippen LogP contribution in [-0.2, 0) is 0 Å². The Morgan fingerprint density at radius 2 is 2.16 bits per heavy atom. The van der Waals surface area contributed by atoms with Crippen LogP contribution in [0.15, 0.2) is 18.2 Å². The number of hydrogen-bond donors (Lipinski definition) is 1. The van der Waals surface area contributed by atoms with Crippen LogP contribution < -0.4 is 15.2 Å². The fraction of sp³-hybridized carbons (Fsp3) is 0.600. The fourth-order valence-corrected chi connectivity index (χ4v) is 2.90. The second kappa shape index (κ2) is 6.26. The number of nitrogens with zero attached hydrogens (tertiary/aromatic N) is 1. The molecule has 1 aliphatic rings. The highest BCUT2D eigenvalue weighted by Crippen LogP contribution is 2.38. The maximum absolute atomic E-state index is 6.01. The minimum absolute atomic E-state index is 0.204. The van der Waals surface area contributed by atoms with Crippen molar-refractivity contribution >= 4 is 0 Å². The Morgan fingerprint density at radius 3 is 2.68 bits per heavy atom. The molecule has 1 aromatic carbocycles. The number of methoxy groups -OCH3 is 2. The average Bonchev–Trinajstić information content (AvgIpc) is 2.85. The lowest BCUT2D eigenvalue weighted by Gasteiger charge is -2.28. The van der Waals surface area contributed by atoms with Crippen molar-refractivity contribution in [3.63, 3.8) is 0 Å². The summed E-state index contributed by atoms with van der Waals surface area (Å²) in [6.45, 7) is 5.08. The second-order valence-corrected chi connectivity index (χ2v) is 5.22. The molecule has 1 fully saturated rings. The third-order valence-corrected chi connectivity index (χ3v) is 3.91. The molecule has 2 rings (SSSR count). The summed E-state index contributed by atoms with van der Waals surface area (Å²) in [7, 11) is 3.35. The van der Waals surface area contributed by atoms with Gasteiger partial charge in [-0.05, 0) is 24.9 Å². The van der Waals surface area contributed by atoms with Gasteiger partial charge in [-0.1, -0.05) is 19.1 Å². The van der Waals surface area contributed by atoms with Gasteiger partial charge in [0.25, 0.3) is 0 Å². The minimum Gasteiger partial charge on any atom is -0.493 e. The molecule has 2 unspecified atom stereocenters. The van der Waals surface area contributed by atoms with Crippen molar-refractivity contribution < 1.29 is 9.47 Å². The molecule has 106 valence electrons. The quantitative estimate of drug-likeness (QED) is 0.884. The van der Waals surface area contributed by atoms with Crippen molar-refractivity contribution in [2.24, 2.45) is 11.7 Å². The van der Waals surface area contributed by atoms with Crippen LogP contribution in [0.25, 0.3) is 0 Å². The number of hydrogen-bond acceptors (Lipinski definition) is 4. The average molecular weight is 264 g/mol. The molecule has 1 heterocycles. The van der Waals surface area contributed by atoms with E-state index in [1.165, 1.54) is 6.42 Å². The van der Waals surface area contributed by atoms with Crippen molar-refractivity contribution in [3.8, 4) is 11.5 Å². The van der Waals surface area contributed by atoms with E-state index in [0.29, 0.717) is 6.54 Å². The largest absolute Gasteiger partial charge is 0.493 e. The Kier molecular flexibility index (Phi) is 4.66. The van der Waals surface area contributed by atoms with E-state index in [1.807, 2.05) is 12.1 Å². The van der Waals surface area contributed by atoms with E-state index in [4.69, 9.17) is 15.2 Å². The standard InChI is InChI=1S/C15H24N2O2/c1-11-7-8-17(10-11)13(9-16)12-5-4-6-14(18-2)15(12)19-3/h4-6,11,13H,7-10,16H2,1-3H3. The van der Waals surface area contributed by atoms with Crippen molar-refractivity contribution in [1.82, 2.24) is 4.90 Å². The van der Waals surface area contributed by atoms with Gasteiger partial charge in [0.2, 0.25) is 0 Å². The van der Waals surface area contributed by atoms with Crippen LogP contribution in [0.5, 0.6) is 11.5 Å². The second-order valence-electron chi connectivity index (χ2n) is 5.22. The Bertz CT molecular complexity index is 423. The van der Waals surface area contributed by atoms with Crippen LogP contribution >= 0.6 is 0 Å². The maximum atomic E-state index is 6.01. The zero-order valence-electron chi connectivity index (χ0n) is 12.1. The molecule has 2 atom stereocenters. The lowest BCUT2D eigenvalue weighted by Crippen LogP contribution is -2.32. The van der Waals surface area contributed by atoms with Crippen LogP contribution in [0.3, 0.4) is 0 Å². The topological polar surface area (TPSA) is 47.7 Å². The van der Waals surface area contributed by atoms with Gasteiger partial charge < -0.3 is 15.2 Å². The summed E-state index contributed by atoms with van der Waals surface area (Å²) in [5.74, 6) is 2.32. The minimum atomic E-state index is 0.204. The number of benzene rings is 1. The Balaban J connectivity index is 2.32. The van der Waals surface area contributed by atoms with Crippen LogP contribution in [0.4, 0.5) is 0 Å². The van der Waals surface area contributed by atoms with Crippen molar-refractivity contribution in [3.05, 3.63) is 23.8 Å². The molecule has 1 aliphatic heterocycles. The summed E-state index contributed by atoms with van der Waals surface area (Å²) in [4.78, 5) is 2.45. The molecule has 0 aliphatic carbocycles. The molecule has 1 saturated heterocycles. The van der Waals surface area contributed by atoms with Gasteiger partial charge in [0.15, 0.2) is 11.5 Å². The molecule has 19 heavy (non-hydrogen) atoms. The summed E-state index contributed by atoms with van der Waals surface area (Å²) in [6.07, 6.45) is 1.24. The van der Waals surface area contributed by atoms with E-state index < -0.39 is 0 Å². The van der Waals surface area contributed by atoms with Gasteiger partial charge in [0, 0.05) is 18.7 Å². The lowest BCUT2D eigenvalue weighted by atomic mass is 10.0. The molecule has 0 saturated carbocycles. The Hall–Kier alpha value is -1.26. The van der Waals surface area contributed by atoms with Crippen molar-refractivity contribution in [2.45, 2.75) is 19.4 Å². The number of nitrogens with two attached hydrogens (primary N) is 1. The predicted molar refractivity (Wildman–Crippen MR) is 76.7 cm³/mol. The fourth-order valence-electron chi connectivity index (χ4n) is 2.90. The van der Waals surface area contributed by atoms with E-state index in [1.54, 1.807) is 14.2 Å². The first kappa shape index (κ1) is 14.2. The zero-order chi connectivity index (χ0) is 13.8. The summed E-state index contributed by atoms with van der Waals surface area (Å²) in [5, 5.41) is 0. The van der Waals surface area contributed by atoms with E-state index in [2.05, 4.69) is 17.9 Å². The SMILES string of the molecule is COc1cccc(C(CN)N2CCC(C)C2)c1OC. The van der Waals surface area contributed by atoms with Crippen molar-refractivity contribution in [2.75, 3.05) is 33.9 Å². The smallest absolute Gasteiger partial charge is 0.165 e. The van der Waals surface area contributed by atoms with Crippen LogP contribution in [0, 0.1) is 5.92 Å².